The van der Waals surface area contributed by atoms with Crippen LogP contribution in [0.4, 0.5) is 0 Å². The molecule has 0 amide bonds. The lowest BCUT2D eigenvalue weighted by molar-refractivity contribution is 0.0649. The van der Waals surface area contributed by atoms with E-state index in [0.29, 0.717) is 12.4 Å². The Morgan fingerprint density at radius 1 is 1.22 bits per heavy atom. The molecule has 0 aliphatic rings. The monoisotopic (exact) mass is 250 g/mol. The molecule has 0 saturated heterocycles. The van der Waals surface area contributed by atoms with Gasteiger partial charge < -0.3 is 9.84 Å². The van der Waals surface area contributed by atoms with Crippen LogP contribution in [0, 0.1) is 13.8 Å². The fourth-order valence-corrected chi connectivity index (χ4v) is 2.06. The van der Waals surface area contributed by atoms with Gasteiger partial charge in [0.05, 0.1) is 12.7 Å². The SMILES string of the molecule is Cc1cc(C(C)(C)C)c(O)c(C)c1COC(C)C. The summed E-state index contributed by atoms with van der Waals surface area (Å²) in [5.41, 5.74) is 4.20. The zero-order chi connectivity index (χ0) is 14.1. The summed E-state index contributed by atoms with van der Waals surface area (Å²) in [6.45, 7) is 15.0. The summed E-state index contributed by atoms with van der Waals surface area (Å²) in [4.78, 5) is 0. The zero-order valence-electron chi connectivity index (χ0n) is 12.7. The van der Waals surface area contributed by atoms with Crippen molar-refractivity contribution in [1.29, 1.82) is 0 Å². The highest BCUT2D eigenvalue weighted by atomic mass is 16.5. The maximum Gasteiger partial charge on any atom is 0.122 e. The molecule has 1 aromatic carbocycles. The van der Waals surface area contributed by atoms with E-state index in [2.05, 4.69) is 33.8 Å². The fourth-order valence-electron chi connectivity index (χ4n) is 2.06. The predicted molar refractivity (Wildman–Crippen MR) is 76.2 cm³/mol. The molecule has 0 aliphatic heterocycles. The van der Waals surface area contributed by atoms with Gasteiger partial charge in [-0.15, -0.1) is 0 Å². The van der Waals surface area contributed by atoms with E-state index < -0.39 is 0 Å². The molecule has 2 heteroatoms. The van der Waals surface area contributed by atoms with Crippen molar-refractivity contribution in [2.24, 2.45) is 0 Å². The molecule has 0 spiro atoms. The normalized spacial score (nSPS) is 12.2. The Hall–Kier alpha value is -1.02. The van der Waals surface area contributed by atoms with Gasteiger partial charge in [-0.2, -0.15) is 0 Å². The number of hydrogen-bond acceptors (Lipinski definition) is 2. The van der Waals surface area contributed by atoms with E-state index in [1.807, 2.05) is 20.8 Å². The second-order valence-corrected chi connectivity index (χ2v) is 6.30. The van der Waals surface area contributed by atoms with Crippen molar-refractivity contribution < 1.29 is 9.84 Å². The molecule has 102 valence electrons. The van der Waals surface area contributed by atoms with Gasteiger partial charge in [-0.05, 0) is 55.4 Å². The molecule has 0 atom stereocenters. The summed E-state index contributed by atoms with van der Waals surface area (Å²) >= 11 is 0. The molecule has 0 saturated carbocycles. The highest BCUT2D eigenvalue weighted by molar-refractivity contribution is 5.51. The van der Waals surface area contributed by atoms with Crippen LogP contribution in [0.15, 0.2) is 6.07 Å². The molecule has 0 heterocycles. The largest absolute Gasteiger partial charge is 0.507 e. The first-order chi connectivity index (χ1) is 8.14. The second-order valence-electron chi connectivity index (χ2n) is 6.30. The maximum absolute atomic E-state index is 10.3. The molecular formula is C16H26O2. The average Bonchev–Trinajstić information content (AvgIpc) is 2.21. The van der Waals surface area contributed by atoms with Crippen molar-refractivity contribution in [3.63, 3.8) is 0 Å². The summed E-state index contributed by atoms with van der Waals surface area (Å²) in [6, 6.07) is 2.08. The Bertz CT molecular complexity index is 426. The van der Waals surface area contributed by atoms with E-state index in [0.717, 1.165) is 16.7 Å². The Balaban J connectivity index is 3.21. The lowest BCUT2D eigenvalue weighted by Crippen LogP contribution is -2.14. The number of benzene rings is 1. The first-order valence-electron chi connectivity index (χ1n) is 6.58. The summed E-state index contributed by atoms with van der Waals surface area (Å²) in [6.07, 6.45) is 0.202. The third-order valence-corrected chi connectivity index (χ3v) is 3.27. The smallest absolute Gasteiger partial charge is 0.122 e. The Morgan fingerprint density at radius 3 is 2.22 bits per heavy atom. The third-order valence-electron chi connectivity index (χ3n) is 3.27. The van der Waals surface area contributed by atoms with E-state index in [-0.39, 0.29) is 11.5 Å². The first-order valence-corrected chi connectivity index (χ1v) is 6.58. The summed E-state index contributed by atoms with van der Waals surface area (Å²) in [5, 5.41) is 10.3. The van der Waals surface area contributed by atoms with Gasteiger partial charge in [-0.3, -0.25) is 0 Å². The van der Waals surface area contributed by atoms with Crippen LogP contribution < -0.4 is 0 Å². The molecule has 2 nitrogen and oxygen atoms in total. The minimum absolute atomic E-state index is 0.0446. The minimum atomic E-state index is -0.0446. The van der Waals surface area contributed by atoms with Crippen LogP contribution in [-0.2, 0) is 16.8 Å². The van der Waals surface area contributed by atoms with Crippen molar-refractivity contribution >= 4 is 0 Å². The molecule has 0 aliphatic carbocycles. The highest BCUT2D eigenvalue weighted by Gasteiger charge is 2.22. The number of hydrogen-bond donors (Lipinski definition) is 1. The van der Waals surface area contributed by atoms with Crippen LogP contribution in [-0.4, -0.2) is 11.2 Å². The summed E-state index contributed by atoms with van der Waals surface area (Å²) in [5.74, 6) is 0.412. The third kappa shape index (κ3) is 3.26. The van der Waals surface area contributed by atoms with Crippen molar-refractivity contribution in [2.45, 2.75) is 66.6 Å². The lowest BCUT2D eigenvalue weighted by atomic mass is 9.83. The molecule has 0 radical (unpaired) electrons. The van der Waals surface area contributed by atoms with Crippen molar-refractivity contribution in [3.05, 3.63) is 28.3 Å². The summed E-state index contributed by atoms with van der Waals surface area (Å²) < 4.78 is 5.66. The number of ether oxygens (including phenoxy) is 1. The van der Waals surface area contributed by atoms with E-state index in [1.54, 1.807) is 0 Å². The van der Waals surface area contributed by atoms with Gasteiger partial charge in [0.2, 0.25) is 0 Å². The van der Waals surface area contributed by atoms with Crippen molar-refractivity contribution in [3.8, 4) is 5.75 Å². The van der Waals surface area contributed by atoms with E-state index in [9.17, 15) is 5.11 Å². The standard InChI is InChI=1S/C16H26O2/c1-10(2)18-9-13-11(3)8-14(16(5,6)7)15(17)12(13)4/h8,10,17H,9H2,1-7H3. The van der Waals surface area contributed by atoms with Crippen LogP contribution >= 0.6 is 0 Å². The Labute approximate surface area is 111 Å². The van der Waals surface area contributed by atoms with Gasteiger partial charge >= 0.3 is 0 Å². The fraction of sp³-hybridized carbons (Fsp3) is 0.625. The predicted octanol–water partition coefficient (Wildman–Crippen LogP) is 4.23. The zero-order valence-corrected chi connectivity index (χ0v) is 12.7. The topological polar surface area (TPSA) is 29.5 Å². The van der Waals surface area contributed by atoms with Crippen LogP contribution in [0.3, 0.4) is 0 Å². The van der Waals surface area contributed by atoms with Gasteiger partial charge in [0.15, 0.2) is 0 Å². The van der Waals surface area contributed by atoms with Crippen LogP contribution in [0.2, 0.25) is 0 Å². The van der Waals surface area contributed by atoms with Crippen molar-refractivity contribution in [2.75, 3.05) is 0 Å². The molecule has 0 aromatic heterocycles. The second kappa shape index (κ2) is 5.31. The number of rotatable bonds is 3. The van der Waals surface area contributed by atoms with Crippen LogP contribution in [0.1, 0.15) is 56.9 Å². The van der Waals surface area contributed by atoms with Gasteiger partial charge in [0, 0.05) is 0 Å². The van der Waals surface area contributed by atoms with Gasteiger partial charge in [-0.1, -0.05) is 26.8 Å². The minimum Gasteiger partial charge on any atom is -0.507 e. The van der Waals surface area contributed by atoms with Gasteiger partial charge in [0.1, 0.15) is 5.75 Å². The molecule has 1 aromatic rings. The molecule has 18 heavy (non-hydrogen) atoms. The first kappa shape index (κ1) is 15.0. The highest BCUT2D eigenvalue weighted by Crippen LogP contribution is 2.36. The molecule has 1 N–H and O–H groups in total. The molecular weight excluding hydrogens is 224 g/mol. The van der Waals surface area contributed by atoms with Gasteiger partial charge in [0.25, 0.3) is 0 Å². The van der Waals surface area contributed by atoms with Gasteiger partial charge in [-0.25, -0.2) is 0 Å². The van der Waals surface area contributed by atoms with E-state index in [4.69, 9.17) is 4.74 Å². The molecule has 0 fully saturated rings. The number of phenolic OH excluding ortho intramolecular Hbond substituents is 1. The molecule has 0 unspecified atom stereocenters. The van der Waals surface area contributed by atoms with E-state index in [1.165, 1.54) is 5.56 Å². The summed E-state index contributed by atoms with van der Waals surface area (Å²) in [7, 11) is 0. The Kier molecular flexibility index (Phi) is 4.44. The number of phenols is 1. The molecule has 1 rings (SSSR count). The number of aromatic hydroxyl groups is 1. The Morgan fingerprint density at radius 2 is 1.78 bits per heavy atom. The number of aryl methyl sites for hydroxylation is 1. The average molecular weight is 250 g/mol. The van der Waals surface area contributed by atoms with Crippen LogP contribution in [0.5, 0.6) is 5.75 Å². The molecule has 0 bridgehead atoms. The van der Waals surface area contributed by atoms with Crippen molar-refractivity contribution in [1.82, 2.24) is 0 Å². The van der Waals surface area contributed by atoms with Crippen LogP contribution in [0.25, 0.3) is 0 Å². The lowest BCUT2D eigenvalue weighted by Gasteiger charge is -2.24. The maximum atomic E-state index is 10.3. The quantitative estimate of drug-likeness (QED) is 0.869. The van der Waals surface area contributed by atoms with E-state index >= 15 is 0 Å².